The van der Waals surface area contributed by atoms with Gasteiger partial charge in [0.1, 0.15) is 17.5 Å². The smallest absolute Gasteiger partial charge is 0.223 e. The van der Waals surface area contributed by atoms with Crippen molar-refractivity contribution in [1.29, 1.82) is 0 Å². The SMILES string of the molecule is CC(C)(C)CC(=O)N1CCC(C(=O)c2c(F)cc(F)cc2F)CC1. The van der Waals surface area contributed by atoms with Crippen LogP contribution in [-0.2, 0) is 4.79 Å². The number of hydrogen-bond donors (Lipinski definition) is 0. The van der Waals surface area contributed by atoms with Gasteiger partial charge in [-0.05, 0) is 18.3 Å². The molecule has 1 saturated heterocycles. The van der Waals surface area contributed by atoms with Gasteiger partial charge in [0.2, 0.25) is 5.91 Å². The molecule has 24 heavy (non-hydrogen) atoms. The van der Waals surface area contributed by atoms with Crippen LogP contribution in [0.1, 0.15) is 50.4 Å². The van der Waals surface area contributed by atoms with E-state index < -0.39 is 34.7 Å². The third-order valence-electron chi connectivity index (χ3n) is 4.15. The minimum absolute atomic E-state index is 0.0209. The van der Waals surface area contributed by atoms with E-state index in [-0.39, 0.29) is 11.3 Å². The Labute approximate surface area is 139 Å². The fourth-order valence-electron chi connectivity index (χ4n) is 2.94. The Kier molecular flexibility index (Phi) is 5.35. The number of rotatable bonds is 3. The molecule has 6 heteroatoms. The molecule has 0 aliphatic carbocycles. The highest BCUT2D eigenvalue weighted by Gasteiger charge is 2.32. The second kappa shape index (κ2) is 6.95. The second-order valence-electron chi connectivity index (χ2n) is 7.50. The lowest BCUT2D eigenvalue weighted by molar-refractivity contribution is -0.134. The molecule has 0 radical (unpaired) electrons. The van der Waals surface area contributed by atoms with E-state index in [2.05, 4.69) is 0 Å². The summed E-state index contributed by atoms with van der Waals surface area (Å²) in [7, 11) is 0. The van der Waals surface area contributed by atoms with Crippen molar-refractivity contribution in [3.05, 3.63) is 35.1 Å². The molecule has 0 aromatic heterocycles. The average molecular weight is 341 g/mol. The third-order valence-corrected chi connectivity index (χ3v) is 4.15. The maximum atomic E-state index is 13.7. The Balaban J connectivity index is 2.02. The third kappa shape index (κ3) is 4.36. The van der Waals surface area contributed by atoms with E-state index in [0.29, 0.717) is 44.5 Å². The van der Waals surface area contributed by atoms with Gasteiger partial charge in [-0.15, -0.1) is 0 Å². The van der Waals surface area contributed by atoms with E-state index >= 15 is 0 Å². The molecule has 132 valence electrons. The maximum Gasteiger partial charge on any atom is 0.223 e. The van der Waals surface area contributed by atoms with Gasteiger partial charge < -0.3 is 4.90 Å². The Hall–Kier alpha value is -1.85. The molecule has 0 saturated carbocycles. The van der Waals surface area contributed by atoms with Crippen LogP contribution < -0.4 is 0 Å². The maximum absolute atomic E-state index is 13.7. The lowest BCUT2D eigenvalue weighted by Crippen LogP contribution is -2.41. The Morgan fingerprint density at radius 2 is 1.58 bits per heavy atom. The number of carbonyl (C=O) groups is 2. The van der Waals surface area contributed by atoms with Gasteiger partial charge in [-0.3, -0.25) is 9.59 Å². The Morgan fingerprint density at radius 3 is 2.04 bits per heavy atom. The number of piperidine rings is 1. The zero-order valence-electron chi connectivity index (χ0n) is 14.2. The zero-order chi connectivity index (χ0) is 18.1. The summed E-state index contributed by atoms with van der Waals surface area (Å²) in [6.45, 7) is 6.69. The van der Waals surface area contributed by atoms with Crippen LogP contribution in [0.4, 0.5) is 13.2 Å². The standard InChI is InChI=1S/C18H22F3NO2/c1-18(2,3)10-15(23)22-6-4-11(5-7-22)17(24)16-13(20)8-12(19)9-14(16)21/h8-9,11H,4-7,10H2,1-3H3. The largest absolute Gasteiger partial charge is 0.343 e. The summed E-state index contributed by atoms with van der Waals surface area (Å²) in [5, 5.41) is 0. The molecule has 1 fully saturated rings. The predicted octanol–water partition coefficient (Wildman–Crippen LogP) is 3.96. The molecule has 1 aliphatic rings. The van der Waals surface area contributed by atoms with Crippen molar-refractivity contribution in [3.63, 3.8) is 0 Å². The molecule has 1 heterocycles. The topological polar surface area (TPSA) is 37.4 Å². The highest BCUT2D eigenvalue weighted by atomic mass is 19.1. The molecule has 0 unspecified atom stereocenters. The predicted molar refractivity (Wildman–Crippen MR) is 84.0 cm³/mol. The second-order valence-corrected chi connectivity index (χ2v) is 7.50. The molecule has 0 atom stereocenters. The lowest BCUT2D eigenvalue weighted by atomic mass is 9.87. The summed E-state index contributed by atoms with van der Waals surface area (Å²) in [4.78, 5) is 26.2. The van der Waals surface area contributed by atoms with Crippen LogP contribution in [-0.4, -0.2) is 29.7 Å². The molecular formula is C18H22F3NO2. The summed E-state index contributed by atoms with van der Waals surface area (Å²) >= 11 is 0. The van der Waals surface area contributed by atoms with Crippen molar-refractivity contribution >= 4 is 11.7 Å². The Bertz CT molecular complexity index is 621. The van der Waals surface area contributed by atoms with E-state index in [1.54, 1.807) is 4.90 Å². The van der Waals surface area contributed by atoms with E-state index in [1.807, 2.05) is 20.8 Å². The van der Waals surface area contributed by atoms with Crippen molar-refractivity contribution in [3.8, 4) is 0 Å². The fourth-order valence-corrected chi connectivity index (χ4v) is 2.94. The van der Waals surface area contributed by atoms with E-state index in [4.69, 9.17) is 0 Å². The highest BCUT2D eigenvalue weighted by molar-refractivity contribution is 5.98. The number of halogens is 3. The molecule has 3 nitrogen and oxygen atoms in total. The molecular weight excluding hydrogens is 319 g/mol. The molecule has 1 amide bonds. The van der Waals surface area contributed by atoms with Crippen LogP contribution >= 0.6 is 0 Å². The Morgan fingerprint density at radius 1 is 1.08 bits per heavy atom. The van der Waals surface area contributed by atoms with Crippen molar-refractivity contribution < 1.29 is 22.8 Å². The van der Waals surface area contributed by atoms with Gasteiger partial charge in [-0.25, -0.2) is 13.2 Å². The van der Waals surface area contributed by atoms with Crippen LogP contribution in [0, 0.1) is 28.8 Å². The molecule has 1 aliphatic heterocycles. The number of carbonyl (C=O) groups excluding carboxylic acids is 2. The number of Topliss-reactive ketones (excluding diaryl/α,β-unsaturated/α-hetero) is 1. The first-order valence-electron chi connectivity index (χ1n) is 8.05. The number of nitrogens with zero attached hydrogens (tertiary/aromatic N) is 1. The molecule has 0 spiro atoms. The summed E-state index contributed by atoms with van der Waals surface area (Å²) in [6, 6.07) is 1.02. The number of benzene rings is 1. The van der Waals surface area contributed by atoms with Crippen molar-refractivity contribution in [1.82, 2.24) is 4.90 Å². The normalized spacial score (nSPS) is 16.3. The van der Waals surface area contributed by atoms with Crippen LogP contribution in [0.15, 0.2) is 12.1 Å². The summed E-state index contributed by atoms with van der Waals surface area (Å²) in [5.41, 5.74) is -0.805. The summed E-state index contributed by atoms with van der Waals surface area (Å²) in [6.07, 6.45) is 1.11. The van der Waals surface area contributed by atoms with Gasteiger partial charge in [0.15, 0.2) is 5.78 Å². The minimum Gasteiger partial charge on any atom is -0.343 e. The van der Waals surface area contributed by atoms with Crippen LogP contribution in [0.3, 0.4) is 0 Å². The van der Waals surface area contributed by atoms with E-state index in [0.717, 1.165) is 0 Å². The average Bonchev–Trinajstić information content (AvgIpc) is 2.44. The first kappa shape index (κ1) is 18.5. The van der Waals surface area contributed by atoms with Crippen molar-refractivity contribution in [2.24, 2.45) is 11.3 Å². The number of ketones is 1. The van der Waals surface area contributed by atoms with Crippen molar-refractivity contribution in [2.45, 2.75) is 40.0 Å². The van der Waals surface area contributed by atoms with Crippen LogP contribution in [0.25, 0.3) is 0 Å². The lowest BCUT2D eigenvalue weighted by Gasteiger charge is -2.33. The highest BCUT2D eigenvalue weighted by Crippen LogP contribution is 2.27. The van der Waals surface area contributed by atoms with Gasteiger partial charge in [0.25, 0.3) is 0 Å². The van der Waals surface area contributed by atoms with Crippen molar-refractivity contribution in [2.75, 3.05) is 13.1 Å². The first-order chi connectivity index (χ1) is 11.1. The minimum atomic E-state index is -1.18. The molecule has 0 bridgehead atoms. The number of likely N-dealkylation sites (tertiary alicyclic amines) is 1. The van der Waals surface area contributed by atoms with Gasteiger partial charge in [0, 0.05) is 37.6 Å². The molecule has 1 aromatic carbocycles. The molecule has 1 aromatic rings. The van der Waals surface area contributed by atoms with E-state index in [1.165, 1.54) is 0 Å². The number of amides is 1. The quantitative estimate of drug-likeness (QED) is 0.781. The summed E-state index contributed by atoms with van der Waals surface area (Å²) in [5.74, 6) is -4.60. The first-order valence-corrected chi connectivity index (χ1v) is 8.05. The van der Waals surface area contributed by atoms with Crippen LogP contribution in [0.2, 0.25) is 0 Å². The monoisotopic (exact) mass is 341 g/mol. The number of hydrogen-bond acceptors (Lipinski definition) is 2. The van der Waals surface area contributed by atoms with Gasteiger partial charge >= 0.3 is 0 Å². The van der Waals surface area contributed by atoms with Gasteiger partial charge in [-0.1, -0.05) is 20.8 Å². The zero-order valence-corrected chi connectivity index (χ0v) is 14.2. The molecule has 0 N–H and O–H groups in total. The van der Waals surface area contributed by atoms with Gasteiger partial charge in [0.05, 0.1) is 5.56 Å². The summed E-state index contributed by atoms with van der Waals surface area (Å²) < 4.78 is 40.4. The van der Waals surface area contributed by atoms with Crippen LogP contribution in [0.5, 0.6) is 0 Å². The fraction of sp³-hybridized carbons (Fsp3) is 0.556. The van der Waals surface area contributed by atoms with Gasteiger partial charge in [-0.2, -0.15) is 0 Å². The molecule has 2 rings (SSSR count). The van der Waals surface area contributed by atoms with E-state index in [9.17, 15) is 22.8 Å².